The molecule has 0 saturated heterocycles. The maximum Gasteiger partial charge on any atom is 0.181 e. The van der Waals surface area contributed by atoms with Crippen LogP contribution in [0.15, 0.2) is 24.4 Å². The van der Waals surface area contributed by atoms with Crippen molar-refractivity contribution in [3.05, 3.63) is 44.6 Å². The average Bonchev–Trinajstić information content (AvgIpc) is 3.38. The van der Waals surface area contributed by atoms with Gasteiger partial charge in [-0.3, -0.25) is 4.40 Å². The summed E-state index contributed by atoms with van der Waals surface area (Å²) < 4.78 is 32.2. The number of anilines is 3. The number of halogens is 3. The van der Waals surface area contributed by atoms with Gasteiger partial charge in [-0.1, -0.05) is 11.6 Å². The largest absolute Gasteiger partial charge is 0.350 e. The third kappa shape index (κ3) is 3.39. The van der Waals surface area contributed by atoms with Crippen LogP contribution >= 0.6 is 34.2 Å². The van der Waals surface area contributed by atoms with Crippen LogP contribution in [0.1, 0.15) is 18.7 Å². The molecule has 2 aromatic heterocycles. The van der Waals surface area contributed by atoms with Gasteiger partial charge in [0.1, 0.15) is 27.6 Å². The number of pyridine rings is 1. The van der Waals surface area contributed by atoms with Crippen LogP contribution in [0.3, 0.4) is 0 Å². The molecule has 1 atom stereocenters. The molecule has 1 saturated carbocycles. The molecule has 10 heteroatoms. The van der Waals surface area contributed by atoms with E-state index in [1.54, 1.807) is 29.7 Å². The minimum atomic E-state index is -1.23. The number of hydrogen-bond donors (Lipinski definition) is 2. The van der Waals surface area contributed by atoms with Crippen molar-refractivity contribution in [3.63, 3.8) is 0 Å². The van der Waals surface area contributed by atoms with Crippen LogP contribution in [0.25, 0.3) is 5.65 Å². The molecule has 1 fully saturated rings. The number of hydrogen-bond acceptors (Lipinski definition) is 4. The summed E-state index contributed by atoms with van der Waals surface area (Å²) in [7, 11) is -1.23. The maximum absolute atomic E-state index is 14.3. The summed E-state index contributed by atoms with van der Waals surface area (Å²) >= 11 is 8.57. The Morgan fingerprint density at radius 2 is 2.12 bits per heavy atom. The van der Waals surface area contributed by atoms with E-state index in [0.29, 0.717) is 22.8 Å². The smallest absolute Gasteiger partial charge is 0.181 e. The molecular formula is C16H14ClFIN5OS. The zero-order chi connectivity index (χ0) is 18.4. The Balaban J connectivity index is 1.81. The first-order valence-electron chi connectivity index (χ1n) is 7.87. The van der Waals surface area contributed by atoms with Crippen molar-refractivity contribution in [2.24, 2.45) is 0 Å². The highest BCUT2D eigenvalue weighted by Crippen LogP contribution is 2.38. The highest BCUT2D eigenvalue weighted by atomic mass is 127. The molecule has 0 bridgehead atoms. The Morgan fingerprint density at radius 1 is 1.35 bits per heavy atom. The van der Waals surface area contributed by atoms with Crippen LogP contribution in [0.2, 0.25) is 5.02 Å². The first-order chi connectivity index (χ1) is 12.4. The zero-order valence-corrected chi connectivity index (χ0v) is 17.3. The minimum absolute atomic E-state index is 0.134. The molecule has 1 unspecified atom stereocenters. The number of fused-ring (bicyclic) bond motifs is 1. The lowest BCUT2D eigenvalue weighted by Crippen LogP contribution is -2.12. The molecule has 0 radical (unpaired) electrons. The SMILES string of the molecule is Cc1nnc2c(Cl)c(Nc3ccc(I)cc3F)c(NS(=O)C3CC3)cn12. The second kappa shape index (κ2) is 6.93. The molecule has 3 aromatic rings. The van der Waals surface area contributed by atoms with Gasteiger partial charge >= 0.3 is 0 Å². The summed E-state index contributed by atoms with van der Waals surface area (Å²) in [5, 5.41) is 11.5. The van der Waals surface area contributed by atoms with E-state index in [4.69, 9.17) is 11.6 Å². The Kier molecular flexibility index (Phi) is 4.78. The fourth-order valence-electron chi connectivity index (χ4n) is 2.50. The second-order valence-electron chi connectivity index (χ2n) is 6.02. The topological polar surface area (TPSA) is 71.3 Å². The van der Waals surface area contributed by atoms with Crippen LogP contribution in [-0.2, 0) is 11.0 Å². The van der Waals surface area contributed by atoms with Gasteiger partial charge in [0.15, 0.2) is 5.65 Å². The molecule has 0 amide bonds. The van der Waals surface area contributed by atoms with Gasteiger partial charge in [-0.25, -0.2) is 8.60 Å². The van der Waals surface area contributed by atoms with Crippen LogP contribution in [-0.4, -0.2) is 24.1 Å². The Bertz CT molecular complexity index is 1040. The highest BCUT2D eigenvalue weighted by Gasteiger charge is 2.29. The lowest BCUT2D eigenvalue weighted by Gasteiger charge is -2.16. The van der Waals surface area contributed by atoms with Crippen molar-refractivity contribution in [1.29, 1.82) is 0 Å². The quantitative estimate of drug-likeness (QED) is 0.504. The van der Waals surface area contributed by atoms with Gasteiger partial charge in [0.05, 0.1) is 22.3 Å². The van der Waals surface area contributed by atoms with Crippen molar-refractivity contribution < 1.29 is 8.60 Å². The van der Waals surface area contributed by atoms with E-state index in [1.165, 1.54) is 6.07 Å². The number of rotatable bonds is 5. The summed E-state index contributed by atoms with van der Waals surface area (Å²) in [6.45, 7) is 1.80. The van der Waals surface area contributed by atoms with E-state index in [1.807, 2.05) is 22.6 Å². The van der Waals surface area contributed by atoms with Gasteiger partial charge < -0.3 is 10.0 Å². The number of aromatic nitrogens is 3. The molecule has 6 nitrogen and oxygen atoms in total. The molecule has 26 heavy (non-hydrogen) atoms. The van der Waals surface area contributed by atoms with E-state index in [-0.39, 0.29) is 16.0 Å². The van der Waals surface area contributed by atoms with Crippen LogP contribution in [0.5, 0.6) is 0 Å². The van der Waals surface area contributed by atoms with Crippen LogP contribution < -0.4 is 10.0 Å². The van der Waals surface area contributed by atoms with Crippen molar-refractivity contribution in [2.45, 2.75) is 25.0 Å². The monoisotopic (exact) mass is 505 g/mol. The fraction of sp³-hybridized carbons (Fsp3) is 0.250. The van der Waals surface area contributed by atoms with Crippen molar-refractivity contribution in [1.82, 2.24) is 14.6 Å². The van der Waals surface area contributed by atoms with Crippen LogP contribution in [0.4, 0.5) is 21.5 Å². The third-order valence-electron chi connectivity index (χ3n) is 4.04. The standard InChI is InChI=1S/C16H14ClFIN5OS/c1-8-21-22-16-14(17)15(20-12-5-2-9(19)6-11(12)18)13(7-24(8)16)23-26(25)10-3-4-10/h2,5-7,10,20,23H,3-4H2,1H3. The van der Waals surface area contributed by atoms with E-state index in [9.17, 15) is 8.60 Å². The predicted molar refractivity (Wildman–Crippen MR) is 110 cm³/mol. The normalized spacial score (nSPS) is 15.2. The number of nitrogens with zero attached hydrogens (tertiary/aromatic N) is 3. The molecular weight excluding hydrogens is 492 g/mol. The number of aryl methyl sites for hydroxylation is 1. The average molecular weight is 506 g/mol. The lowest BCUT2D eigenvalue weighted by atomic mass is 10.2. The molecule has 2 N–H and O–H groups in total. The predicted octanol–water partition coefficient (Wildman–Crippen LogP) is 4.42. The summed E-state index contributed by atoms with van der Waals surface area (Å²) in [4.78, 5) is 0. The lowest BCUT2D eigenvalue weighted by molar-refractivity contribution is 0.631. The molecule has 4 rings (SSSR count). The van der Waals surface area contributed by atoms with Gasteiger partial charge in [-0.05, 0) is 60.6 Å². The fourth-order valence-corrected chi connectivity index (χ4v) is 4.33. The minimum Gasteiger partial charge on any atom is -0.350 e. The van der Waals surface area contributed by atoms with Gasteiger partial charge in [0.25, 0.3) is 0 Å². The molecule has 2 heterocycles. The van der Waals surface area contributed by atoms with E-state index < -0.39 is 16.8 Å². The summed E-state index contributed by atoms with van der Waals surface area (Å²) in [5.74, 6) is 0.244. The van der Waals surface area contributed by atoms with Crippen LogP contribution in [0, 0.1) is 16.3 Å². The van der Waals surface area contributed by atoms with Gasteiger partial charge in [0, 0.05) is 9.77 Å². The molecule has 136 valence electrons. The Morgan fingerprint density at radius 3 is 2.81 bits per heavy atom. The summed E-state index contributed by atoms with van der Waals surface area (Å²) in [5.41, 5.74) is 1.64. The Labute approximate surface area is 170 Å². The Hall–Kier alpha value is -1.46. The molecule has 1 aliphatic carbocycles. The summed E-state index contributed by atoms with van der Waals surface area (Å²) in [6, 6.07) is 4.84. The molecule has 1 aromatic carbocycles. The molecule has 1 aliphatic rings. The third-order valence-corrected chi connectivity index (χ3v) is 6.57. The van der Waals surface area contributed by atoms with Crippen molar-refractivity contribution in [3.8, 4) is 0 Å². The van der Waals surface area contributed by atoms with E-state index in [0.717, 1.165) is 16.4 Å². The van der Waals surface area contributed by atoms with Gasteiger partial charge in [-0.2, -0.15) is 0 Å². The summed E-state index contributed by atoms with van der Waals surface area (Å²) in [6.07, 6.45) is 3.58. The van der Waals surface area contributed by atoms with Gasteiger partial charge in [-0.15, -0.1) is 10.2 Å². The first kappa shape index (κ1) is 17.9. The zero-order valence-electron chi connectivity index (χ0n) is 13.6. The maximum atomic E-state index is 14.3. The number of nitrogens with one attached hydrogen (secondary N) is 2. The van der Waals surface area contributed by atoms with Crippen molar-refractivity contribution in [2.75, 3.05) is 10.0 Å². The highest BCUT2D eigenvalue weighted by molar-refractivity contribution is 14.1. The first-order valence-corrected chi connectivity index (χ1v) is 10.5. The number of benzene rings is 1. The molecule has 0 aliphatic heterocycles. The molecule has 0 spiro atoms. The van der Waals surface area contributed by atoms with Gasteiger partial charge in [0.2, 0.25) is 0 Å². The van der Waals surface area contributed by atoms with E-state index in [2.05, 4.69) is 20.2 Å². The van der Waals surface area contributed by atoms with Crippen molar-refractivity contribution >= 4 is 67.9 Å². The second-order valence-corrected chi connectivity index (χ2v) is 9.11. The van der Waals surface area contributed by atoms with E-state index >= 15 is 0 Å².